The number of carbonyl (C=O) groups is 1. The molecule has 106 valence electrons. The van der Waals surface area contributed by atoms with E-state index >= 15 is 0 Å². The number of hydrogen-bond donors (Lipinski definition) is 3. The minimum absolute atomic E-state index is 0.106. The Morgan fingerprint density at radius 3 is 2.68 bits per heavy atom. The first-order chi connectivity index (χ1) is 8.88. The molecule has 1 rings (SSSR count). The van der Waals surface area contributed by atoms with Crippen molar-refractivity contribution in [1.29, 1.82) is 0 Å². The van der Waals surface area contributed by atoms with Crippen LogP contribution < -0.4 is 15.8 Å². The fraction of sp³-hybridized carbons (Fsp3) is 0.500. The van der Waals surface area contributed by atoms with Gasteiger partial charge in [0.1, 0.15) is 5.75 Å². The van der Waals surface area contributed by atoms with Gasteiger partial charge in [0.15, 0.2) is 0 Å². The number of hydrogen-bond acceptors (Lipinski definition) is 4. The summed E-state index contributed by atoms with van der Waals surface area (Å²) in [6, 6.07) is 4.91. The molecule has 0 spiro atoms. The first kappa shape index (κ1) is 15.3. The standard InChI is InChI=1S/C14H22N2O3/c1-14(2,4-5-17)9-16-13(18)10-6-11(15)8-12(7-10)19-3/h6-8,17H,4-5,9,15H2,1-3H3,(H,16,18). The molecule has 0 aliphatic carbocycles. The van der Waals surface area contributed by atoms with Crippen LogP contribution in [0.15, 0.2) is 18.2 Å². The molecule has 4 N–H and O–H groups in total. The highest BCUT2D eigenvalue weighted by molar-refractivity contribution is 5.95. The molecule has 0 aromatic heterocycles. The summed E-state index contributed by atoms with van der Waals surface area (Å²) in [5.41, 5.74) is 6.52. The maximum Gasteiger partial charge on any atom is 0.251 e. The zero-order valence-corrected chi connectivity index (χ0v) is 11.7. The molecule has 5 heteroatoms. The Balaban J connectivity index is 2.71. The van der Waals surface area contributed by atoms with Crippen molar-refractivity contribution in [3.8, 4) is 5.75 Å². The zero-order valence-electron chi connectivity index (χ0n) is 11.7. The normalized spacial score (nSPS) is 11.2. The monoisotopic (exact) mass is 266 g/mol. The fourth-order valence-electron chi connectivity index (χ4n) is 1.68. The maximum atomic E-state index is 12.0. The Morgan fingerprint density at radius 2 is 2.11 bits per heavy atom. The lowest BCUT2D eigenvalue weighted by Crippen LogP contribution is -2.34. The van der Waals surface area contributed by atoms with Crippen molar-refractivity contribution in [2.45, 2.75) is 20.3 Å². The van der Waals surface area contributed by atoms with Gasteiger partial charge in [-0.25, -0.2) is 0 Å². The van der Waals surface area contributed by atoms with Gasteiger partial charge in [-0.15, -0.1) is 0 Å². The molecule has 1 aromatic carbocycles. The summed E-state index contributed by atoms with van der Waals surface area (Å²) in [7, 11) is 1.53. The molecule has 1 amide bonds. The van der Waals surface area contributed by atoms with E-state index in [1.165, 1.54) is 7.11 Å². The van der Waals surface area contributed by atoms with Crippen molar-refractivity contribution in [2.75, 3.05) is 26.0 Å². The van der Waals surface area contributed by atoms with Crippen LogP contribution in [0.4, 0.5) is 5.69 Å². The largest absolute Gasteiger partial charge is 0.497 e. The number of ether oxygens (including phenoxy) is 1. The number of benzene rings is 1. The van der Waals surface area contributed by atoms with Gasteiger partial charge < -0.3 is 20.9 Å². The summed E-state index contributed by atoms with van der Waals surface area (Å²) >= 11 is 0. The smallest absolute Gasteiger partial charge is 0.251 e. The van der Waals surface area contributed by atoms with Crippen LogP contribution in [0.3, 0.4) is 0 Å². The molecule has 0 fully saturated rings. The number of nitrogen functional groups attached to an aromatic ring is 1. The Hall–Kier alpha value is -1.75. The van der Waals surface area contributed by atoms with Gasteiger partial charge in [-0.05, 0) is 24.0 Å². The van der Waals surface area contributed by atoms with Gasteiger partial charge in [0.2, 0.25) is 0 Å². The summed E-state index contributed by atoms with van der Waals surface area (Å²) < 4.78 is 5.08. The third-order valence-electron chi connectivity index (χ3n) is 2.94. The predicted molar refractivity (Wildman–Crippen MR) is 75.2 cm³/mol. The van der Waals surface area contributed by atoms with Gasteiger partial charge >= 0.3 is 0 Å². The summed E-state index contributed by atoms with van der Waals surface area (Å²) in [5.74, 6) is 0.358. The second-order valence-corrected chi connectivity index (χ2v) is 5.32. The fourth-order valence-corrected chi connectivity index (χ4v) is 1.68. The average molecular weight is 266 g/mol. The van der Waals surface area contributed by atoms with Crippen molar-refractivity contribution < 1.29 is 14.6 Å². The molecule has 0 atom stereocenters. The number of amides is 1. The maximum absolute atomic E-state index is 12.0. The molecule has 0 unspecified atom stereocenters. The van der Waals surface area contributed by atoms with Crippen LogP contribution in [0.5, 0.6) is 5.75 Å². The highest BCUT2D eigenvalue weighted by atomic mass is 16.5. The Kier molecular flexibility index (Phi) is 5.18. The van der Waals surface area contributed by atoms with E-state index in [2.05, 4.69) is 5.32 Å². The highest BCUT2D eigenvalue weighted by Crippen LogP contribution is 2.20. The number of anilines is 1. The summed E-state index contributed by atoms with van der Waals surface area (Å²) in [4.78, 5) is 12.0. The molecule has 0 saturated carbocycles. The number of methoxy groups -OCH3 is 1. The van der Waals surface area contributed by atoms with E-state index in [-0.39, 0.29) is 17.9 Å². The van der Waals surface area contributed by atoms with Gasteiger partial charge in [-0.3, -0.25) is 4.79 Å². The lowest BCUT2D eigenvalue weighted by molar-refractivity contribution is 0.0928. The molecule has 0 aliphatic heterocycles. The van der Waals surface area contributed by atoms with E-state index in [0.717, 1.165) is 0 Å². The van der Waals surface area contributed by atoms with Crippen molar-refractivity contribution in [1.82, 2.24) is 5.32 Å². The van der Waals surface area contributed by atoms with Crippen LogP contribution in [-0.4, -0.2) is 31.3 Å². The summed E-state index contributed by atoms with van der Waals surface area (Å²) in [6.45, 7) is 4.57. The Labute approximate surface area is 113 Å². The minimum Gasteiger partial charge on any atom is -0.497 e. The van der Waals surface area contributed by atoms with E-state index < -0.39 is 0 Å². The van der Waals surface area contributed by atoms with Crippen LogP contribution >= 0.6 is 0 Å². The van der Waals surface area contributed by atoms with Gasteiger partial charge in [-0.1, -0.05) is 13.8 Å². The van der Waals surface area contributed by atoms with Crippen molar-refractivity contribution >= 4 is 11.6 Å². The number of aliphatic hydroxyl groups excluding tert-OH is 1. The quantitative estimate of drug-likeness (QED) is 0.680. The molecular formula is C14H22N2O3. The van der Waals surface area contributed by atoms with Crippen LogP contribution in [0.2, 0.25) is 0 Å². The predicted octanol–water partition coefficient (Wildman–Crippen LogP) is 1.42. The Bertz CT molecular complexity index is 444. The van der Waals surface area contributed by atoms with Crippen molar-refractivity contribution in [2.24, 2.45) is 5.41 Å². The molecule has 0 saturated heterocycles. The van der Waals surface area contributed by atoms with Crippen molar-refractivity contribution in [3.05, 3.63) is 23.8 Å². The van der Waals surface area contributed by atoms with Crippen LogP contribution in [0, 0.1) is 5.41 Å². The van der Waals surface area contributed by atoms with E-state index in [1.807, 2.05) is 13.8 Å². The lowest BCUT2D eigenvalue weighted by atomic mass is 9.89. The van der Waals surface area contributed by atoms with Gasteiger partial charge in [0.25, 0.3) is 5.91 Å². The number of carbonyl (C=O) groups excluding carboxylic acids is 1. The van der Waals surface area contributed by atoms with E-state index in [0.29, 0.717) is 30.0 Å². The van der Waals surface area contributed by atoms with E-state index in [4.69, 9.17) is 15.6 Å². The zero-order chi connectivity index (χ0) is 14.5. The molecular weight excluding hydrogens is 244 g/mol. The van der Waals surface area contributed by atoms with Gasteiger partial charge in [-0.2, -0.15) is 0 Å². The number of nitrogens with one attached hydrogen (secondary N) is 1. The first-order valence-corrected chi connectivity index (χ1v) is 6.21. The number of aliphatic hydroxyl groups is 1. The molecule has 19 heavy (non-hydrogen) atoms. The third kappa shape index (κ3) is 4.79. The molecule has 0 heterocycles. The van der Waals surface area contributed by atoms with Crippen LogP contribution in [0.1, 0.15) is 30.6 Å². The van der Waals surface area contributed by atoms with Crippen molar-refractivity contribution in [3.63, 3.8) is 0 Å². The second kappa shape index (κ2) is 6.43. The third-order valence-corrected chi connectivity index (χ3v) is 2.94. The Morgan fingerprint density at radius 1 is 1.42 bits per heavy atom. The molecule has 1 aromatic rings. The topological polar surface area (TPSA) is 84.6 Å². The van der Waals surface area contributed by atoms with Gasteiger partial charge in [0.05, 0.1) is 7.11 Å². The van der Waals surface area contributed by atoms with Gasteiger partial charge in [0, 0.05) is 30.5 Å². The molecule has 0 aliphatic rings. The first-order valence-electron chi connectivity index (χ1n) is 6.21. The number of rotatable bonds is 6. The number of nitrogens with two attached hydrogens (primary N) is 1. The highest BCUT2D eigenvalue weighted by Gasteiger charge is 2.18. The second-order valence-electron chi connectivity index (χ2n) is 5.32. The van der Waals surface area contributed by atoms with E-state index in [9.17, 15) is 4.79 Å². The minimum atomic E-state index is -0.198. The van der Waals surface area contributed by atoms with E-state index in [1.54, 1.807) is 18.2 Å². The average Bonchev–Trinajstić information content (AvgIpc) is 2.35. The van der Waals surface area contributed by atoms with Crippen LogP contribution in [0.25, 0.3) is 0 Å². The molecule has 0 radical (unpaired) electrons. The summed E-state index contributed by atoms with van der Waals surface area (Å²) in [6.07, 6.45) is 0.632. The van der Waals surface area contributed by atoms with Crippen LogP contribution in [-0.2, 0) is 0 Å². The lowest BCUT2D eigenvalue weighted by Gasteiger charge is -2.23. The summed E-state index contributed by atoms with van der Waals surface area (Å²) in [5, 5.41) is 11.8. The molecule has 0 bridgehead atoms. The SMILES string of the molecule is COc1cc(N)cc(C(=O)NCC(C)(C)CCO)c1. The molecule has 5 nitrogen and oxygen atoms in total.